The topological polar surface area (TPSA) is 110 Å². The highest BCUT2D eigenvalue weighted by Crippen LogP contribution is 2.36. The molecule has 0 bridgehead atoms. The number of nitrogens with one attached hydrogen (secondary N) is 1. The molecule has 5 rings (SSSR count). The van der Waals surface area contributed by atoms with Gasteiger partial charge in [-0.15, -0.1) is 0 Å². The summed E-state index contributed by atoms with van der Waals surface area (Å²) < 4.78 is 23.6. The standard InChI is InChI=1S/C26H31FN6O3/c1-2-28-25-11-23-21(13-29-25)26(17-12-30-32(14-17)19(15-34)16-35)31-33(23)18-7-9-20(10-8-18)36-24-6-4-3-5-22(24)27/h3-6,11-14,18-20,34-35H,2,7-10,15-16H2,1H3,(H,28,29). The Morgan fingerprint density at radius 3 is 2.64 bits per heavy atom. The van der Waals surface area contributed by atoms with Gasteiger partial charge < -0.3 is 20.3 Å². The molecule has 0 amide bonds. The fraction of sp³-hybridized carbons (Fsp3) is 0.423. The van der Waals surface area contributed by atoms with Crippen LogP contribution in [0.5, 0.6) is 5.75 Å². The van der Waals surface area contributed by atoms with E-state index in [1.54, 1.807) is 35.3 Å². The van der Waals surface area contributed by atoms with E-state index >= 15 is 0 Å². The summed E-state index contributed by atoms with van der Waals surface area (Å²) >= 11 is 0. The van der Waals surface area contributed by atoms with Gasteiger partial charge in [0.15, 0.2) is 11.6 Å². The SMILES string of the molecule is CCNc1cc2c(cn1)c(-c1cnn(C(CO)CO)c1)nn2C1CCC(Oc2ccccc2F)CC1. The second-order valence-electron chi connectivity index (χ2n) is 9.12. The molecule has 0 atom stereocenters. The number of nitrogens with zero attached hydrogens (tertiary/aromatic N) is 5. The summed E-state index contributed by atoms with van der Waals surface area (Å²) in [5.41, 5.74) is 2.52. The van der Waals surface area contributed by atoms with Gasteiger partial charge in [0.25, 0.3) is 0 Å². The average Bonchev–Trinajstić information content (AvgIpc) is 3.52. The van der Waals surface area contributed by atoms with Crippen molar-refractivity contribution in [3.8, 4) is 17.0 Å². The van der Waals surface area contributed by atoms with Gasteiger partial charge in [0.1, 0.15) is 11.5 Å². The molecule has 3 aromatic heterocycles. The highest BCUT2D eigenvalue weighted by molar-refractivity contribution is 5.93. The molecule has 9 nitrogen and oxygen atoms in total. The summed E-state index contributed by atoms with van der Waals surface area (Å²) in [6.07, 6.45) is 8.58. The summed E-state index contributed by atoms with van der Waals surface area (Å²) in [4.78, 5) is 4.56. The van der Waals surface area contributed by atoms with Crippen LogP contribution in [0.4, 0.5) is 10.2 Å². The number of para-hydroxylation sites is 1. The number of pyridine rings is 1. The van der Waals surface area contributed by atoms with Crippen molar-refractivity contribution in [2.24, 2.45) is 0 Å². The Bertz CT molecular complexity index is 1310. The molecule has 36 heavy (non-hydrogen) atoms. The van der Waals surface area contributed by atoms with E-state index < -0.39 is 6.04 Å². The number of hydrogen-bond donors (Lipinski definition) is 3. The molecule has 0 radical (unpaired) electrons. The molecular formula is C26H31FN6O3. The lowest BCUT2D eigenvalue weighted by Gasteiger charge is -2.29. The molecule has 0 aliphatic heterocycles. The predicted octanol–water partition coefficient (Wildman–Crippen LogP) is 3.95. The number of rotatable bonds is 9. The normalized spacial score (nSPS) is 18.1. The van der Waals surface area contributed by atoms with E-state index in [2.05, 4.69) is 20.1 Å². The predicted molar refractivity (Wildman–Crippen MR) is 134 cm³/mol. The summed E-state index contributed by atoms with van der Waals surface area (Å²) in [6, 6.07) is 8.20. The van der Waals surface area contributed by atoms with E-state index in [1.165, 1.54) is 6.07 Å². The van der Waals surface area contributed by atoms with Crippen molar-refractivity contribution < 1.29 is 19.3 Å². The van der Waals surface area contributed by atoms with Gasteiger partial charge >= 0.3 is 0 Å². The Balaban J connectivity index is 1.43. The maximum absolute atomic E-state index is 14.0. The van der Waals surface area contributed by atoms with Crippen LogP contribution < -0.4 is 10.1 Å². The number of ether oxygens (including phenoxy) is 1. The van der Waals surface area contributed by atoms with Gasteiger partial charge in [0.05, 0.1) is 43.1 Å². The monoisotopic (exact) mass is 494 g/mol. The first kappa shape index (κ1) is 24.2. The smallest absolute Gasteiger partial charge is 0.165 e. The average molecular weight is 495 g/mol. The number of anilines is 1. The molecule has 1 aliphatic carbocycles. The zero-order valence-electron chi connectivity index (χ0n) is 20.2. The number of halogens is 1. The van der Waals surface area contributed by atoms with Crippen LogP contribution in [0.15, 0.2) is 48.9 Å². The molecule has 1 saturated carbocycles. The van der Waals surface area contributed by atoms with E-state index in [-0.39, 0.29) is 31.2 Å². The van der Waals surface area contributed by atoms with Gasteiger partial charge in [-0.1, -0.05) is 12.1 Å². The Morgan fingerprint density at radius 1 is 1.14 bits per heavy atom. The van der Waals surface area contributed by atoms with Crippen molar-refractivity contribution in [3.63, 3.8) is 0 Å². The number of benzene rings is 1. The van der Waals surface area contributed by atoms with Gasteiger partial charge in [-0.3, -0.25) is 9.36 Å². The first-order valence-corrected chi connectivity index (χ1v) is 12.4. The molecule has 0 saturated heterocycles. The molecule has 4 aromatic rings. The molecule has 3 N–H and O–H groups in total. The van der Waals surface area contributed by atoms with Crippen LogP contribution in [0, 0.1) is 5.82 Å². The number of aliphatic hydroxyl groups is 2. The van der Waals surface area contributed by atoms with E-state index in [0.29, 0.717) is 5.75 Å². The summed E-state index contributed by atoms with van der Waals surface area (Å²) in [7, 11) is 0. The Labute approximate surface area is 208 Å². The molecule has 1 aliphatic rings. The fourth-order valence-electron chi connectivity index (χ4n) is 4.81. The van der Waals surface area contributed by atoms with Crippen LogP contribution in [0.1, 0.15) is 44.7 Å². The number of aliphatic hydroxyl groups excluding tert-OH is 2. The minimum atomic E-state index is -0.504. The molecule has 3 heterocycles. The van der Waals surface area contributed by atoms with Gasteiger partial charge in [0.2, 0.25) is 0 Å². The second kappa shape index (κ2) is 10.6. The third-order valence-electron chi connectivity index (χ3n) is 6.74. The molecule has 0 spiro atoms. The van der Waals surface area contributed by atoms with E-state index in [1.807, 2.05) is 19.2 Å². The van der Waals surface area contributed by atoms with Crippen LogP contribution in [-0.4, -0.2) is 60.6 Å². The Hall–Kier alpha value is -3.50. The lowest BCUT2D eigenvalue weighted by molar-refractivity contribution is 0.126. The van der Waals surface area contributed by atoms with Crippen LogP contribution in [0.25, 0.3) is 22.2 Å². The number of aromatic nitrogens is 5. The van der Waals surface area contributed by atoms with E-state index in [0.717, 1.165) is 60.2 Å². The molecule has 1 aromatic carbocycles. The van der Waals surface area contributed by atoms with Gasteiger partial charge in [-0.25, -0.2) is 9.37 Å². The first-order valence-electron chi connectivity index (χ1n) is 12.4. The number of fused-ring (bicyclic) bond motifs is 1. The Morgan fingerprint density at radius 2 is 1.92 bits per heavy atom. The minimum absolute atomic E-state index is 0.0365. The molecular weight excluding hydrogens is 463 g/mol. The zero-order valence-corrected chi connectivity index (χ0v) is 20.2. The highest BCUT2D eigenvalue weighted by Gasteiger charge is 2.27. The maximum atomic E-state index is 14.0. The van der Waals surface area contributed by atoms with Crippen molar-refractivity contribution in [3.05, 3.63) is 54.7 Å². The minimum Gasteiger partial charge on any atom is -0.487 e. The highest BCUT2D eigenvalue weighted by atomic mass is 19.1. The Kier molecular flexibility index (Phi) is 7.15. The van der Waals surface area contributed by atoms with Gasteiger partial charge in [-0.2, -0.15) is 10.2 Å². The zero-order chi connectivity index (χ0) is 25.1. The fourth-order valence-corrected chi connectivity index (χ4v) is 4.81. The second-order valence-corrected chi connectivity index (χ2v) is 9.12. The summed E-state index contributed by atoms with van der Waals surface area (Å²) in [6.45, 7) is 2.37. The lowest BCUT2D eigenvalue weighted by Crippen LogP contribution is -2.26. The summed E-state index contributed by atoms with van der Waals surface area (Å²) in [5, 5.41) is 32.6. The molecule has 0 unspecified atom stereocenters. The largest absolute Gasteiger partial charge is 0.487 e. The van der Waals surface area contributed by atoms with Crippen molar-refractivity contribution >= 4 is 16.7 Å². The molecule has 190 valence electrons. The summed E-state index contributed by atoms with van der Waals surface area (Å²) in [5.74, 6) is 0.747. The van der Waals surface area contributed by atoms with Crippen LogP contribution >= 0.6 is 0 Å². The van der Waals surface area contributed by atoms with E-state index in [4.69, 9.17) is 9.84 Å². The van der Waals surface area contributed by atoms with Gasteiger partial charge in [-0.05, 0) is 44.7 Å². The van der Waals surface area contributed by atoms with Crippen molar-refractivity contribution in [1.82, 2.24) is 24.5 Å². The van der Waals surface area contributed by atoms with Gasteiger partial charge in [0, 0.05) is 36.0 Å². The van der Waals surface area contributed by atoms with E-state index in [9.17, 15) is 14.6 Å². The molecule has 10 heteroatoms. The van der Waals surface area contributed by atoms with Crippen molar-refractivity contribution in [1.29, 1.82) is 0 Å². The molecule has 1 fully saturated rings. The maximum Gasteiger partial charge on any atom is 0.165 e. The first-order chi connectivity index (χ1) is 17.6. The van der Waals surface area contributed by atoms with Crippen LogP contribution in [-0.2, 0) is 0 Å². The quantitative estimate of drug-likeness (QED) is 0.323. The third-order valence-corrected chi connectivity index (χ3v) is 6.74. The number of hydrogen-bond acceptors (Lipinski definition) is 7. The lowest BCUT2D eigenvalue weighted by atomic mass is 9.93. The third kappa shape index (κ3) is 4.78. The van der Waals surface area contributed by atoms with Crippen LogP contribution in [0.3, 0.4) is 0 Å². The van der Waals surface area contributed by atoms with Crippen molar-refractivity contribution in [2.45, 2.75) is 50.8 Å². The van der Waals surface area contributed by atoms with Crippen molar-refractivity contribution in [2.75, 3.05) is 25.1 Å². The van der Waals surface area contributed by atoms with Crippen LogP contribution in [0.2, 0.25) is 0 Å².